The third-order valence-electron chi connectivity index (χ3n) is 1.23. The Hall–Kier alpha value is -0.410. The van der Waals surface area contributed by atoms with Crippen LogP contribution in [-0.2, 0) is 4.79 Å². The third kappa shape index (κ3) is 7.59. The van der Waals surface area contributed by atoms with Gasteiger partial charge in [-0.05, 0) is 20.0 Å². The Morgan fingerprint density at radius 1 is 1.30 bits per heavy atom. The summed E-state index contributed by atoms with van der Waals surface area (Å²) in [6.45, 7) is 2.91. The molecule has 0 atom stereocenters. The van der Waals surface area contributed by atoms with Gasteiger partial charge in [0.1, 0.15) is 6.29 Å². The number of hydrogen-bond donors (Lipinski definition) is 2. The van der Waals surface area contributed by atoms with Crippen molar-refractivity contribution in [3.63, 3.8) is 0 Å². The number of unbranched alkanes of at least 4 members (excludes halogenated alkanes) is 1. The normalized spacial score (nSPS) is 9.70. The standard InChI is InChI=1S/C7H16N2O/c1-8-5-6-9-4-2-3-7-10/h7-9H,2-6H2,1H3. The summed E-state index contributed by atoms with van der Waals surface area (Å²) in [5.74, 6) is 0. The summed E-state index contributed by atoms with van der Waals surface area (Å²) in [5, 5.41) is 6.23. The van der Waals surface area contributed by atoms with E-state index in [2.05, 4.69) is 10.6 Å². The molecule has 0 radical (unpaired) electrons. The van der Waals surface area contributed by atoms with Gasteiger partial charge in [-0.3, -0.25) is 0 Å². The Bertz CT molecular complexity index is 76.0. The van der Waals surface area contributed by atoms with E-state index in [1.807, 2.05) is 7.05 Å². The molecule has 0 aliphatic rings. The van der Waals surface area contributed by atoms with Crippen molar-refractivity contribution in [3.05, 3.63) is 0 Å². The van der Waals surface area contributed by atoms with Gasteiger partial charge in [-0.15, -0.1) is 0 Å². The monoisotopic (exact) mass is 144 g/mol. The van der Waals surface area contributed by atoms with Crippen molar-refractivity contribution >= 4 is 6.29 Å². The van der Waals surface area contributed by atoms with E-state index in [4.69, 9.17) is 0 Å². The molecule has 0 saturated heterocycles. The van der Waals surface area contributed by atoms with Crippen molar-refractivity contribution in [2.45, 2.75) is 12.8 Å². The van der Waals surface area contributed by atoms with Crippen molar-refractivity contribution in [2.75, 3.05) is 26.7 Å². The first kappa shape index (κ1) is 9.59. The van der Waals surface area contributed by atoms with Gasteiger partial charge in [-0.1, -0.05) is 0 Å². The van der Waals surface area contributed by atoms with Crippen LogP contribution < -0.4 is 10.6 Å². The molecule has 0 aliphatic heterocycles. The minimum absolute atomic E-state index is 0.673. The van der Waals surface area contributed by atoms with Crippen LogP contribution in [0.5, 0.6) is 0 Å². The zero-order valence-corrected chi connectivity index (χ0v) is 6.52. The number of likely N-dealkylation sites (N-methyl/N-ethyl adjacent to an activating group) is 1. The Labute approximate surface area is 62.2 Å². The van der Waals surface area contributed by atoms with Crippen LogP contribution in [0.3, 0.4) is 0 Å². The lowest BCUT2D eigenvalue weighted by Gasteiger charge is -2.00. The topological polar surface area (TPSA) is 41.1 Å². The molecule has 0 rings (SSSR count). The van der Waals surface area contributed by atoms with Crippen LogP contribution in [0.2, 0.25) is 0 Å². The molecule has 2 N–H and O–H groups in total. The largest absolute Gasteiger partial charge is 0.318 e. The van der Waals surface area contributed by atoms with Crippen LogP contribution in [0.15, 0.2) is 0 Å². The molecule has 60 valence electrons. The summed E-state index contributed by atoms with van der Waals surface area (Å²) in [5.41, 5.74) is 0. The summed E-state index contributed by atoms with van der Waals surface area (Å²) < 4.78 is 0. The second-order valence-electron chi connectivity index (χ2n) is 2.16. The highest BCUT2D eigenvalue weighted by Gasteiger charge is 1.85. The molecule has 0 heterocycles. The second kappa shape index (κ2) is 8.59. The molecule has 3 nitrogen and oxygen atoms in total. The number of aldehydes is 1. The van der Waals surface area contributed by atoms with E-state index in [0.717, 1.165) is 32.3 Å². The molecule has 0 aromatic heterocycles. The maximum Gasteiger partial charge on any atom is 0.120 e. The molecule has 0 spiro atoms. The number of rotatable bonds is 7. The summed E-state index contributed by atoms with van der Waals surface area (Å²) in [4.78, 5) is 9.85. The van der Waals surface area contributed by atoms with Gasteiger partial charge in [0.2, 0.25) is 0 Å². The fourth-order valence-electron chi connectivity index (χ4n) is 0.649. The molecule has 0 fully saturated rings. The highest BCUT2D eigenvalue weighted by molar-refractivity contribution is 5.48. The van der Waals surface area contributed by atoms with E-state index in [0.29, 0.717) is 6.42 Å². The van der Waals surface area contributed by atoms with Gasteiger partial charge >= 0.3 is 0 Å². The number of nitrogens with one attached hydrogen (secondary N) is 2. The molecule has 10 heavy (non-hydrogen) atoms. The molecule has 0 aliphatic carbocycles. The van der Waals surface area contributed by atoms with Gasteiger partial charge in [0.25, 0.3) is 0 Å². The molecular weight excluding hydrogens is 128 g/mol. The van der Waals surface area contributed by atoms with Crippen LogP contribution in [-0.4, -0.2) is 33.0 Å². The van der Waals surface area contributed by atoms with E-state index in [1.165, 1.54) is 0 Å². The first-order valence-corrected chi connectivity index (χ1v) is 3.70. The van der Waals surface area contributed by atoms with Gasteiger partial charge < -0.3 is 15.4 Å². The maximum atomic E-state index is 9.85. The lowest BCUT2D eigenvalue weighted by atomic mass is 10.3. The van der Waals surface area contributed by atoms with Crippen molar-refractivity contribution < 1.29 is 4.79 Å². The molecule has 3 heteroatoms. The minimum Gasteiger partial charge on any atom is -0.318 e. The van der Waals surface area contributed by atoms with Gasteiger partial charge in [-0.25, -0.2) is 0 Å². The van der Waals surface area contributed by atoms with E-state index < -0.39 is 0 Å². The molecule has 0 amide bonds. The molecule has 0 aromatic carbocycles. The highest BCUT2D eigenvalue weighted by Crippen LogP contribution is 1.78. The Balaban J connectivity index is 2.70. The molecule has 0 unspecified atom stereocenters. The molecule has 0 aromatic rings. The van der Waals surface area contributed by atoms with Crippen molar-refractivity contribution in [3.8, 4) is 0 Å². The number of hydrogen-bond acceptors (Lipinski definition) is 3. The smallest absolute Gasteiger partial charge is 0.120 e. The second-order valence-corrected chi connectivity index (χ2v) is 2.16. The summed E-state index contributed by atoms with van der Waals surface area (Å²) >= 11 is 0. The average molecular weight is 144 g/mol. The van der Waals surface area contributed by atoms with Crippen molar-refractivity contribution in [2.24, 2.45) is 0 Å². The first-order chi connectivity index (χ1) is 4.91. The average Bonchev–Trinajstić information content (AvgIpc) is 1.97. The van der Waals surface area contributed by atoms with E-state index in [9.17, 15) is 4.79 Å². The van der Waals surface area contributed by atoms with Crippen LogP contribution in [0.25, 0.3) is 0 Å². The summed E-state index contributed by atoms with van der Waals surface area (Å²) in [7, 11) is 1.92. The van der Waals surface area contributed by atoms with Crippen LogP contribution >= 0.6 is 0 Å². The van der Waals surface area contributed by atoms with Gasteiger partial charge in [0.05, 0.1) is 0 Å². The van der Waals surface area contributed by atoms with Crippen LogP contribution in [0.4, 0.5) is 0 Å². The summed E-state index contributed by atoms with van der Waals surface area (Å²) in [6, 6.07) is 0. The summed E-state index contributed by atoms with van der Waals surface area (Å²) in [6.07, 6.45) is 2.58. The van der Waals surface area contributed by atoms with Crippen molar-refractivity contribution in [1.29, 1.82) is 0 Å². The van der Waals surface area contributed by atoms with Gasteiger partial charge in [-0.2, -0.15) is 0 Å². The Morgan fingerprint density at radius 2 is 2.10 bits per heavy atom. The van der Waals surface area contributed by atoms with Crippen molar-refractivity contribution in [1.82, 2.24) is 10.6 Å². The van der Waals surface area contributed by atoms with E-state index in [-0.39, 0.29) is 0 Å². The fraction of sp³-hybridized carbons (Fsp3) is 0.857. The Kier molecular flexibility index (Phi) is 8.24. The third-order valence-corrected chi connectivity index (χ3v) is 1.23. The lowest BCUT2D eigenvalue weighted by molar-refractivity contribution is -0.107. The first-order valence-electron chi connectivity index (χ1n) is 3.70. The maximum absolute atomic E-state index is 9.85. The number of carbonyl (C=O) groups excluding carboxylic acids is 1. The molecular formula is C7H16N2O. The zero-order chi connectivity index (χ0) is 7.66. The SMILES string of the molecule is CNCCNCCCC=O. The Morgan fingerprint density at radius 3 is 2.70 bits per heavy atom. The lowest BCUT2D eigenvalue weighted by Crippen LogP contribution is -2.25. The van der Waals surface area contributed by atoms with Crippen LogP contribution in [0.1, 0.15) is 12.8 Å². The predicted molar refractivity (Wildman–Crippen MR) is 42.1 cm³/mol. The van der Waals surface area contributed by atoms with Gasteiger partial charge in [0.15, 0.2) is 0 Å². The number of carbonyl (C=O) groups is 1. The predicted octanol–water partition coefficient (Wildman–Crippen LogP) is -0.226. The quantitative estimate of drug-likeness (QED) is 0.383. The van der Waals surface area contributed by atoms with E-state index >= 15 is 0 Å². The molecule has 0 saturated carbocycles. The molecule has 0 bridgehead atoms. The van der Waals surface area contributed by atoms with Gasteiger partial charge in [0, 0.05) is 19.5 Å². The highest BCUT2D eigenvalue weighted by atomic mass is 16.1. The minimum atomic E-state index is 0.673. The van der Waals surface area contributed by atoms with E-state index in [1.54, 1.807) is 0 Å². The fourth-order valence-corrected chi connectivity index (χ4v) is 0.649. The van der Waals surface area contributed by atoms with Crippen LogP contribution in [0, 0.1) is 0 Å². The zero-order valence-electron chi connectivity index (χ0n) is 6.52.